The van der Waals surface area contributed by atoms with Crippen LogP contribution >= 0.6 is 0 Å². The smallest absolute Gasteiger partial charge is 0.337 e. The minimum atomic E-state index is -1.26. The van der Waals surface area contributed by atoms with Crippen molar-refractivity contribution in [3.8, 4) is 6.07 Å². The van der Waals surface area contributed by atoms with Crippen molar-refractivity contribution in [3.63, 3.8) is 0 Å². The molecule has 0 radical (unpaired) electrons. The summed E-state index contributed by atoms with van der Waals surface area (Å²) in [4.78, 5) is 23.1. The Morgan fingerprint density at radius 1 is 1.14 bits per heavy atom. The van der Waals surface area contributed by atoms with Crippen molar-refractivity contribution >= 4 is 17.6 Å². The molecule has 0 aliphatic heterocycles. The lowest BCUT2D eigenvalue weighted by atomic mass is 10.1. The molecule has 0 aliphatic rings. The summed E-state index contributed by atoms with van der Waals surface area (Å²) in [5.74, 6) is -2.31. The third kappa shape index (κ3) is 3.22. The fourth-order valence-corrected chi connectivity index (χ4v) is 1.70. The van der Waals surface area contributed by atoms with Crippen molar-refractivity contribution in [2.75, 3.05) is 5.32 Å². The topological polar surface area (TPSA) is 90.2 Å². The van der Waals surface area contributed by atoms with E-state index in [2.05, 4.69) is 5.32 Å². The van der Waals surface area contributed by atoms with Gasteiger partial charge in [0, 0.05) is 5.56 Å². The van der Waals surface area contributed by atoms with Crippen molar-refractivity contribution in [2.24, 2.45) is 0 Å². The number of nitrogens with zero attached hydrogens (tertiary/aromatic N) is 1. The minimum Gasteiger partial charge on any atom is -0.478 e. The van der Waals surface area contributed by atoms with Crippen LogP contribution in [-0.4, -0.2) is 17.0 Å². The average Bonchev–Trinajstić information content (AvgIpc) is 2.48. The number of rotatable bonds is 3. The van der Waals surface area contributed by atoms with Crippen LogP contribution in [0.2, 0.25) is 0 Å². The van der Waals surface area contributed by atoms with Gasteiger partial charge < -0.3 is 10.4 Å². The average molecular weight is 284 g/mol. The molecule has 1 amide bonds. The van der Waals surface area contributed by atoms with E-state index < -0.39 is 17.7 Å². The third-order valence-corrected chi connectivity index (χ3v) is 2.73. The number of nitriles is 1. The van der Waals surface area contributed by atoms with Gasteiger partial charge in [0.25, 0.3) is 5.91 Å². The Bertz CT molecular complexity index is 749. The van der Waals surface area contributed by atoms with Gasteiger partial charge in [-0.1, -0.05) is 0 Å². The van der Waals surface area contributed by atoms with Crippen molar-refractivity contribution in [1.29, 1.82) is 5.26 Å². The first-order valence-electron chi connectivity index (χ1n) is 5.85. The lowest BCUT2D eigenvalue weighted by molar-refractivity contribution is 0.0698. The molecule has 0 fully saturated rings. The fourth-order valence-electron chi connectivity index (χ4n) is 1.70. The number of carboxylic acids is 1. The zero-order chi connectivity index (χ0) is 15.4. The molecule has 0 atom stereocenters. The highest BCUT2D eigenvalue weighted by Gasteiger charge is 2.14. The lowest BCUT2D eigenvalue weighted by Crippen LogP contribution is -2.15. The van der Waals surface area contributed by atoms with Crippen LogP contribution in [0.3, 0.4) is 0 Å². The highest BCUT2D eigenvalue weighted by atomic mass is 19.1. The maximum atomic E-state index is 12.8. The van der Waals surface area contributed by atoms with Crippen molar-refractivity contribution in [1.82, 2.24) is 0 Å². The number of hydrogen-bond acceptors (Lipinski definition) is 3. The standard InChI is InChI=1S/C15H9FN2O3/c16-11-4-2-10(3-5-11)14(19)18-13-6-1-9(8-17)7-12(13)15(20)21/h1-7H,(H,18,19)(H,20,21). The van der Waals surface area contributed by atoms with Crippen LogP contribution < -0.4 is 5.32 Å². The zero-order valence-corrected chi connectivity index (χ0v) is 10.6. The predicted octanol–water partition coefficient (Wildman–Crippen LogP) is 2.65. The van der Waals surface area contributed by atoms with Crippen molar-refractivity contribution in [3.05, 3.63) is 65.0 Å². The summed E-state index contributed by atoms with van der Waals surface area (Å²) in [6, 6.07) is 10.6. The normalized spacial score (nSPS) is 9.71. The van der Waals surface area contributed by atoms with E-state index in [9.17, 15) is 14.0 Å². The van der Waals surface area contributed by atoms with Crippen LogP contribution in [0.15, 0.2) is 42.5 Å². The molecule has 0 aromatic heterocycles. The van der Waals surface area contributed by atoms with Crippen LogP contribution in [0.1, 0.15) is 26.3 Å². The molecule has 5 nitrogen and oxygen atoms in total. The molecule has 0 spiro atoms. The van der Waals surface area contributed by atoms with Crippen molar-refractivity contribution < 1.29 is 19.1 Å². The summed E-state index contributed by atoms with van der Waals surface area (Å²) < 4.78 is 12.8. The maximum absolute atomic E-state index is 12.8. The second-order valence-corrected chi connectivity index (χ2v) is 4.14. The van der Waals surface area contributed by atoms with E-state index in [1.807, 2.05) is 6.07 Å². The Balaban J connectivity index is 2.31. The molecule has 2 N–H and O–H groups in total. The molecule has 0 aliphatic carbocycles. The Kier molecular flexibility index (Phi) is 3.95. The van der Waals surface area contributed by atoms with Crippen LogP contribution in [-0.2, 0) is 0 Å². The van der Waals surface area contributed by atoms with E-state index in [1.165, 1.54) is 30.3 Å². The summed E-state index contributed by atoms with van der Waals surface area (Å²) in [5, 5.41) is 20.3. The third-order valence-electron chi connectivity index (χ3n) is 2.73. The van der Waals surface area contributed by atoms with Gasteiger partial charge in [0.15, 0.2) is 0 Å². The molecule has 0 saturated carbocycles. The van der Waals surface area contributed by atoms with Crippen LogP contribution in [0, 0.1) is 17.1 Å². The van der Waals surface area contributed by atoms with E-state index >= 15 is 0 Å². The Morgan fingerprint density at radius 3 is 2.38 bits per heavy atom. The highest BCUT2D eigenvalue weighted by Crippen LogP contribution is 2.18. The molecular formula is C15H9FN2O3. The van der Waals surface area contributed by atoms with E-state index in [0.717, 1.165) is 12.1 Å². The number of nitrogens with one attached hydrogen (secondary N) is 1. The number of benzene rings is 2. The van der Waals surface area contributed by atoms with Gasteiger partial charge in [0.2, 0.25) is 0 Å². The first-order chi connectivity index (χ1) is 10.0. The molecule has 0 unspecified atom stereocenters. The quantitative estimate of drug-likeness (QED) is 0.906. The number of carboxylic acid groups (broad SMARTS) is 1. The Hall–Kier alpha value is -3.20. The SMILES string of the molecule is N#Cc1ccc(NC(=O)c2ccc(F)cc2)c(C(=O)O)c1. The van der Waals surface area contributed by atoms with E-state index in [0.29, 0.717) is 0 Å². The summed E-state index contributed by atoms with van der Waals surface area (Å²) in [5.41, 5.74) is 0.240. The predicted molar refractivity (Wildman–Crippen MR) is 72.5 cm³/mol. The molecule has 104 valence electrons. The van der Waals surface area contributed by atoms with E-state index in [4.69, 9.17) is 10.4 Å². The summed E-state index contributed by atoms with van der Waals surface area (Å²) in [6.45, 7) is 0. The van der Waals surface area contributed by atoms with E-state index in [1.54, 1.807) is 0 Å². The van der Waals surface area contributed by atoms with Gasteiger partial charge in [-0.3, -0.25) is 4.79 Å². The minimum absolute atomic E-state index is 0.0656. The van der Waals surface area contributed by atoms with Gasteiger partial charge in [0.1, 0.15) is 5.82 Å². The molecule has 0 heterocycles. The largest absolute Gasteiger partial charge is 0.478 e. The fraction of sp³-hybridized carbons (Fsp3) is 0. The first-order valence-corrected chi connectivity index (χ1v) is 5.85. The Labute approximate surface area is 119 Å². The van der Waals surface area contributed by atoms with Crippen LogP contribution in [0.5, 0.6) is 0 Å². The summed E-state index contributed by atoms with van der Waals surface area (Å²) in [6.07, 6.45) is 0. The van der Waals surface area contributed by atoms with Gasteiger partial charge in [-0.15, -0.1) is 0 Å². The molecule has 0 bridgehead atoms. The molecule has 2 aromatic carbocycles. The molecule has 6 heteroatoms. The van der Waals surface area contributed by atoms with Gasteiger partial charge in [0.05, 0.1) is 22.9 Å². The monoisotopic (exact) mass is 284 g/mol. The summed E-state index contributed by atoms with van der Waals surface area (Å²) in [7, 11) is 0. The number of amides is 1. The maximum Gasteiger partial charge on any atom is 0.337 e. The van der Waals surface area contributed by atoms with Gasteiger partial charge in [-0.2, -0.15) is 5.26 Å². The van der Waals surface area contributed by atoms with Crippen LogP contribution in [0.25, 0.3) is 0 Å². The zero-order valence-electron chi connectivity index (χ0n) is 10.6. The molecule has 2 rings (SSSR count). The van der Waals surface area contributed by atoms with E-state index in [-0.39, 0.29) is 22.4 Å². The number of halogens is 1. The number of hydrogen-bond donors (Lipinski definition) is 2. The molecule has 21 heavy (non-hydrogen) atoms. The van der Waals surface area contributed by atoms with Gasteiger partial charge in [-0.25, -0.2) is 9.18 Å². The van der Waals surface area contributed by atoms with Gasteiger partial charge in [-0.05, 0) is 42.5 Å². The van der Waals surface area contributed by atoms with Gasteiger partial charge >= 0.3 is 5.97 Å². The lowest BCUT2D eigenvalue weighted by Gasteiger charge is -2.08. The molecular weight excluding hydrogens is 275 g/mol. The first kappa shape index (κ1) is 14.2. The number of aromatic carboxylic acids is 1. The number of anilines is 1. The number of carbonyl (C=O) groups excluding carboxylic acids is 1. The summed E-state index contributed by atoms with van der Waals surface area (Å²) >= 11 is 0. The second kappa shape index (κ2) is 5.84. The van der Waals surface area contributed by atoms with Crippen LogP contribution in [0.4, 0.5) is 10.1 Å². The van der Waals surface area contributed by atoms with Crippen molar-refractivity contribution in [2.45, 2.75) is 0 Å². The number of carbonyl (C=O) groups is 2. The molecule has 2 aromatic rings. The Morgan fingerprint density at radius 2 is 1.81 bits per heavy atom. The highest BCUT2D eigenvalue weighted by molar-refractivity contribution is 6.07. The molecule has 0 saturated heterocycles. The second-order valence-electron chi connectivity index (χ2n) is 4.14.